The van der Waals surface area contributed by atoms with Crippen LogP contribution in [0.3, 0.4) is 0 Å². The number of nitriles is 1. The van der Waals surface area contributed by atoms with Crippen molar-refractivity contribution in [1.82, 2.24) is 0 Å². The molecule has 3 aromatic rings. The van der Waals surface area contributed by atoms with Crippen LogP contribution in [0.4, 0.5) is 11.4 Å². The van der Waals surface area contributed by atoms with Gasteiger partial charge in [-0.25, -0.2) is 8.42 Å². The number of ether oxygens (including phenoxy) is 1. The van der Waals surface area contributed by atoms with Gasteiger partial charge < -0.3 is 15.4 Å². The summed E-state index contributed by atoms with van der Waals surface area (Å²) in [4.78, 5) is 14.5. The van der Waals surface area contributed by atoms with Gasteiger partial charge in [-0.15, -0.1) is 0 Å². The number of nitrogens with one attached hydrogen (secondary N) is 2. The number of sulfonamides is 1. The van der Waals surface area contributed by atoms with E-state index in [0.717, 1.165) is 11.8 Å². The molecular formula is C25H21Cl2N5O4S. The second kappa shape index (κ2) is 10.3. The molecule has 1 fully saturated rings. The van der Waals surface area contributed by atoms with E-state index in [0.29, 0.717) is 23.0 Å². The second-order valence-corrected chi connectivity index (χ2v) is 11.0. The highest BCUT2D eigenvalue weighted by Crippen LogP contribution is 2.40. The number of carbonyl (C=O) groups is 1. The van der Waals surface area contributed by atoms with E-state index in [9.17, 15) is 18.5 Å². The summed E-state index contributed by atoms with van der Waals surface area (Å²) in [5.74, 6) is -0.215. The number of nitrogens with zero attached hydrogens (tertiary/aromatic N) is 2. The highest BCUT2D eigenvalue weighted by molar-refractivity contribution is 7.92. The molecule has 1 amide bonds. The van der Waals surface area contributed by atoms with Gasteiger partial charge in [-0.2, -0.15) is 5.26 Å². The zero-order valence-corrected chi connectivity index (χ0v) is 21.8. The average molecular weight is 558 g/mol. The molecule has 9 nitrogen and oxygen atoms in total. The first kappa shape index (κ1) is 26.3. The van der Waals surface area contributed by atoms with Crippen LogP contribution in [0.1, 0.15) is 29.0 Å². The third kappa shape index (κ3) is 5.80. The third-order valence-corrected chi connectivity index (χ3v) is 6.95. The number of amides is 1. The first-order chi connectivity index (χ1) is 17.5. The summed E-state index contributed by atoms with van der Waals surface area (Å²) in [5, 5.41) is 17.8. The van der Waals surface area contributed by atoms with Crippen LogP contribution < -0.4 is 20.1 Å². The fourth-order valence-corrected chi connectivity index (χ4v) is 5.00. The van der Waals surface area contributed by atoms with Gasteiger partial charge in [-0.3, -0.25) is 14.9 Å². The number of anilines is 2. The molecule has 4 rings (SSSR count). The van der Waals surface area contributed by atoms with E-state index >= 15 is 0 Å². The third-order valence-electron chi connectivity index (χ3n) is 5.75. The molecule has 1 atom stereocenters. The molecule has 0 aliphatic carbocycles. The van der Waals surface area contributed by atoms with Gasteiger partial charge in [-0.05, 0) is 48.0 Å². The molecule has 0 unspecified atom stereocenters. The first-order valence-electron chi connectivity index (χ1n) is 10.9. The van der Waals surface area contributed by atoms with Crippen molar-refractivity contribution >= 4 is 56.3 Å². The number of nitrogens with two attached hydrogens (primary N) is 1. The van der Waals surface area contributed by atoms with Crippen molar-refractivity contribution in [1.29, 1.82) is 10.7 Å². The Labute approximate surface area is 223 Å². The summed E-state index contributed by atoms with van der Waals surface area (Å²) in [6.07, 6.45) is 1.20. The Kier molecular flexibility index (Phi) is 7.32. The Morgan fingerprint density at radius 3 is 2.62 bits per heavy atom. The van der Waals surface area contributed by atoms with Gasteiger partial charge in [0.05, 0.1) is 27.6 Å². The van der Waals surface area contributed by atoms with Crippen molar-refractivity contribution in [2.24, 2.45) is 5.73 Å². The van der Waals surface area contributed by atoms with Gasteiger partial charge in [0.2, 0.25) is 15.9 Å². The molecule has 190 valence electrons. The Hall–Kier alpha value is -3.78. The summed E-state index contributed by atoms with van der Waals surface area (Å²) in [5.41, 5.74) is 7.51. The summed E-state index contributed by atoms with van der Waals surface area (Å²) < 4.78 is 31.6. The van der Waals surface area contributed by atoms with Crippen molar-refractivity contribution in [3.8, 4) is 17.6 Å². The predicted molar refractivity (Wildman–Crippen MR) is 143 cm³/mol. The van der Waals surface area contributed by atoms with Crippen LogP contribution in [0, 0.1) is 16.7 Å². The lowest BCUT2D eigenvalue weighted by Crippen LogP contribution is -2.25. The Bertz CT molecular complexity index is 1570. The maximum Gasteiger partial charge on any atom is 0.229 e. The number of rotatable bonds is 7. The normalized spacial score (nSPS) is 15.4. The van der Waals surface area contributed by atoms with E-state index in [-0.39, 0.29) is 51.7 Å². The highest BCUT2D eigenvalue weighted by Gasteiger charge is 2.32. The number of hydrogen-bond acceptors (Lipinski definition) is 6. The van der Waals surface area contributed by atoms with Crippen LogP contribution in [0.25, 0.3) is 0 Å². The van der Waals surface area contributed by atoms with Crippen molar-refractivity contribution < 1.29 is 17.9 Å². The molecule has 0 spiro atoms. The lowest BCUT2D eigenvalue weighted by atomic mass is 9.98. The lowest BCUT2D eigenvalue weighted by molar-refractivity contribution is -0.117. The number of halogens is 2. The number of benzene rings is 3. The second-order valence-electron chi connectivity index (χ2n) is 8.44. The minimum Gasteiger partial charge on any atom is -0.453 e. The van der Waals surface area contributed by atoms with Gasteiger partial charge in [-0.1, -0.05) is 35.3 Å². The van der Waals surface area contributed by atoms with Gasteiger partial charge >= 0.3 is 0 Å². The van der Waals surface area contributed by atoms with Crippen molar-refractivity contribution in [2.75, 3.05) is 22.4 Å². The van der Waals surface area contributed by atoms with E-state index in [4.69, 9.17) is 39.1 Å². The topological polar surface area (TPSA) is 149 Å². The zero-order chi connectivity index (χ0) is 26.9. The minimum absolute atomic E-state index is 0.151. The van der Waals surface area contributed by atoms with Crippen LogP contribution in [0.5, 0.6) is 11.5 Å². The van der Waals surface area contributed by atoms with Crippen LogP contribution in [0.15, 0.2) is 54.6 Å². The summed E-state index contributed by atoms with van der Waals surface area (Å²) >= 11 is 12.6. The average Bonchev–Trinajstić information content (AvgIpc) is 3.22. The monoisotopic (exact) mass is 557 g/mol. The van der Waals surface area contributed by atoms with Gasteiger partial charge in [0.1, 0.15) is 17.7 Å². The number of para-hydroxylation sites is 1. The molecule has 0 saturated carbocycles. The van der Waals surface area contributed by atoms with E-state index in [2.05, 4.69) is 4.72 Å². The molecule has 1 heterocycles. The number of amidine groups is 1. The van der Waals surface area contributed by atoms with Crippen LogP contribution in [-0.4, -0.2) is 33.0 Å². The number of hydrogen-bond donors (Lipinski definition) is 3. The lowest BCUT2D eigenvalue weighted by Gasteiger charge is -2.20. The fraction of sp³-hybridized carbons (Fsp3) is 0.160. The SMILES string of the molecule is CS(=O)(=O)Nc1ccc(N2C[C@@H](c3ccc(Cl)c(Oc4c(Cl)cccc4C#N)c3)CC2=O)cc1C(=N)N. The largest absolute Gasteiger partial charge is 0.453 e. The van der Waals surface area contributed by atoms with Crippen LogP contribution in [0.2, 0.25) is 10.0 Å². The summed E-state index contributed by atoms with van der Waals surface area (Å²) in [7, 11) is -3.59. The quantitative estimate of drug-likeness (QED) is 0.279. The van der Waals surface area contributed by atoms with Gasteiger partial charge in [0.25, 0.3) is 0 Å². The van der Waals surface area contributed by atoms with E-state index in [1.54, 1.807) is 47.4 Å². The molecule has 0 aromatic heterocycles. The molecule has 1 aliphatic heterocycles. The van der Waals surface area contributed by atoms with Gasteiger partial charge in [0, 0.05) is 30.1 Å². The molecule has 1 aliphatic rings. The highest BCUT2D eigenvalue weighted by atomic mass is 35.5. The Morgan fingerprint density at radius 2 is 1.95 bits per heavy atom. The molecular weight excluding hydrogens is 537 g/mol. The molecule has 0 radical (unpaired) electrons. The Balaban J connectivity index is 1.61. The molecule has 37 heavy (non-hydrogen) atoms. The summed E-state index contributed by atoms with van der Waals surface area (Å²) in [6, 6.07) is 16.6. The molecule has 12 heteroatoms. The smallest absolute Gasteiger partial charge is 0.229 e. The van der Waals surface area contributed by atoms with Crippen molar-refractivity contribution in [3.63, 3.8) is 0 Å². The van der Waals surface area contributed by atoms with Crippen molar-refractivity contribution in [2.45, 2.75) is 12.3 Å². The predicted octanol–water partition coefficient (Wildman–Crippen LogP) is 4.83. The molecule has 3 aromatic carbocycles. The maximum absolute atomic E-state index is 12.9. The van der Waals surface area contributed by atoms with E-state index in [1.807, 2.05) is 6.07 Å². The maximum atomic E-state index is 12.9. The minimum atomic E-state index is -3.59. The van der Waals surface area contributed by atoms with Crippen LogP contribution >= 0.6 is 23.2 Å². The van der Waals surface area contributed by atoms with E-state index in [1.165, 1.54) is 12.1 Å². The Morgan fingerprint density at radius 1 is 1.19 bits per heavy atom. The summed E-state index contributed by atoms with van der Waals surface area (Å²) in [6.45, 7) is 0.325. The fourth-order valence-electron chi connectivity index (χ4n) is 4.05. The van der Waals surface area contributed by atoms with E-state index < -0.39 is 10.0 Å². The molecule has 4 N–H and O–H groups in total. The van der Waals surface area contributed by atoms with Crippen LogP contribution in [-0.2, 0) is 14.8 Å². The zero-order valence-electron chi connectivity index (χ0n) is 19.5. The van der Waals surface area contributed by atoms with Crippen molar-refractivity contribution in [3.05, 3.63) is 81.3 Å². The first-order valence-corrected chi connectivity index (χ1v) is 13.5. The molecule has 1 saturated heterocycles. The number of nitrogen functional groups attached to an aromatic ring is 1. The molecule has 0 bridgehead atoms. The standard InChI is InChI=1S/C25H21Cl2N5O4S/c1-37(34,35)31-21-8-6-17(11-18(21)25(29)30)32-13-16(10-23(32)33)14-5-7-19(26)22(9-14)36-24-15(12-28)3-2-4-20(24)27/h2-9,11,16,31H,10,13H2,1H3,(H3,29,30)/t16-/m0/s1. The van der Waals surface area contributed by atoms with Gasteiger partial charge in [0.15, 0.2) is 5.75 Å². The number of carbonyl (C=O) groups excluding carboxylic acids is 1.